The van der Waals surface area contributed by atoms with E-state index in [2.05, 4.69) is 0 Å². The zero-order chi connectivity index (χ0) is 21.7. The van der Waals surface area contributed by atoms with E-state index in [-0.39, 0.29) is 18.3 Å². The maximum Gasteiger partial charge on any atom is 0.317 e. The van der Waals surface area contributed by atoms with E-state index in [9.17, 15) is 9.59 Å². The van der Waals surface area contributed by atoms with Crippen molar-refractivity contribution in [1.82, 2.24) is 0 Å². The first-order chi connectivity index (χ1) is 14.5. The number of benzene rings is 2. The molecular weight excluding hydrogens is 384 g/mol. The van der Waals surface area contributed by atoms with Crippen molar-refractivity contribution in [2.24, 2.45) is 5.92 Å². The van der Waals surface area contributed by atoms with Crippen LogP contribution in [-0.2, 0) is 14.3 Å². The van der Waals surface area contributed by atoms with Crippen molar-refractivity contribution in [3.8, 4) is 17.2 Å². The lowest BCUT2D eigenvalue weighted by Gasteiger charge is -2.29. The standard InChI is InChI=1S/C24H26O6/c1-5-30-24(26)23-21(15-6-8-18(27-2)9-7-15)12-17(13-22(23)25)16-10-19(28-3)14-20(11-16)29-4/h6-11,13-14,21,23H,5,12H2,1-4H3/t21-,23+/m0/s1. The highest BCUT2D eigenvalue weighted by molar-refractivity contribution is 6.10. The van der Waals surface area contributed by atoms with Crippen molar-refractivity contribution >= 4 is 17.3 Å². The molecular formula is C24H26O6. The van der Waals surface area contributed by atoms with E-state index < -0.39 is 11.9 Å². The van der Waals surface area contributed by atoms with Gasteiger partial charge in [0, 0.05) is 12.0 Å². The second kappa shape index (κ2) is 9.48. The summed E-state index contributed by atoms with van der Waals surface area (Å²) in [6.45, 7) is 1.96. The summed E-state index contributed by atoms with van der Waals surface area (Å²) in [5.41, 5.74) is 2.52. The highest BCUT2D eigenvalue weighted by atomic mass is 16.5. The molecule has 0 saturated carbocycles. The van der Waals surface area contributed by atoms with Crippen molar-refractivity contribution in [3.05, 3.63) is 59.7 Å². The van der Waals surface area contributed by atoms with Gasteiger partial charge < -0.3 is 18.9 Å². The molecule has 0 bridgehead atoms. The minimum Gasteiger partial charge on any atom is -0.497 e. The van der Waals surface area contributed by atoms with Gasteiger partial charge in [0.25, 0.3) is 0 Å². The third-order valence-corrected chi connectivity index (χ3v) is 5.27. The minimum absolute atomic E-state index is 0.224. The first kappa shape index (κ1) is 21.4. The van der Waals surface area contributed by atoms with Crippen LogP contribution in [0, 0.1) is 5.92 Å². The molecule has 1 aliphatic rings. The fourth-order valence-corrected chi connectivity index (χ4v) is 3.74. The maximum atomic E-state index is 13.0. The van der Waals surface area contributed by atoms with Crippen LogP contribution in [0.15, 0.2) is 48.5 Å². The molecule has 158 valence electrons. The first-order valence-electron chi connectivity index (χ1n) is 9.79. The maximum absolute atomic E-state index is 13.0. The van der Waals surface area contributed by atoms with Gasteiger partial charge in [-0.15, -0.1) is 0 Å². The molecule has 0 aliphatic heterocycles. The number of rotatable bonds is 7. The Hall–Kier alpha value is -3.28. The molecule has 1 aliphatic carbocycles. The number of esters is 1. The first-order valence-corrected chi connectivity index (χ1v) is 9.79. The largest absolute Gasteiger partial charge is 0.497 e. The SMILES string of the molecule is CCOC(=O)[C@H]1C(=O)C=C(c2cc(OC)cc(OC)c2)C[C@H]1c1ccc(OC)cc1. The molecule has 0 N–H and O–H groups in total. The van der Waals surface area contributed by atoms with Crippen molar-refractivity contribution in [3.63, 3.8) is 0 Å². The van der Waals surface area contributed by atoms with Gasteiger partial charge in [-0.05, 0) is 60.4 Å². The van der Waals surface area contributed by atoms with Gasteiger partial charge in [0.2, 0.25) is 0 Å². The molecule has 0 heterocycles. The molecule has 3 rings (SSSR count). The summed E-state index contributed by atoms with van der Waals surface area (Å²) in [4.78, 5) is 25.7. The van der Waals surface area contributed by atoms with E-state index in [1.54, 1.807) is 34.3 Å². The van der Waals surface area contributed by atoms with E-state index >= 15 is 0 Å². The quantitative estimate of drug-likeness (QED) is 0.507. The molecule has 0 amide bonds. The fraction of sp³-hybridized carbons (Fsp3) is 0.333. The predicted octanol–water partition coefficient (Wildman–Crippen LogP) is 4.03. The Morgan fingerprint density at radius 1 is 0.933 bits per heavy atom. The highest BCUT2D eigenvalue weighted by Crippen LogP contribution is 2.42. The normalized spacial score (nSPS) is 18.4. The average Bonchev–Trinajstić information content (AvgIpc) is 2.78. The van der Waals surface area contributed by atoms with Crippen molar-refractivity contribution in [2.75, 3.05) is 27.9 Å². The van der Waals surface area contributed by atoms with Crippen molar-refractivity contribution in [1.29, 1.82) is 0 Å². The molecule has 6 heteroatoms. The number of carbonyl (C=O) groups excluding carboxylic acids is 2. The summed E-state index contributed by atoms with van der Waals surface area (Å²) in [6, 6.07) is 12.9. The van der Waals surface area contributed by atoms with Gasteiger partial charge in [0.1, 0.15) is 23.2 Å². The summed E-state index contributed by atoms with van der Waals surface area (Å²) in [7, 11) is 4.75. The van der Waals surface area contributed by atoms with E-state index in [0.717, 1.165) is 16.7 Å². The monoisotopic (exact) mass is 410 g/mol. The average molecular weight is 410 g/mol. The van der Waals surface area contributed by atoms with E-state index in [1.165, 1.54) is 6.08 Å². The number of ether oxygens (including phenoxy) is 4. The van der Waals surface area contributed by atoms with Gasteiger partial charge in [-0.1, -0.05) is 12.1 Å². The number of carbonyl (C=O) groups is 2. The molecule has 0 spiro atoms. The molecule has 2 aromatic carbocycles. The van der Waals surface area contributed by atoms with Crippen LogP contribution in [0.2, 0.25) is 0 Å². The highest BCUT2D eigenvalue weighted by Gasteiger charge is 2.39. The molecule has 6 nitrogen and oxygen atoms in total. The second-order valence-electron chi connectivity index (χ2n) is 6.99. The van der Waals surface area contributed by atoms with E-state index in [4.69, 9.17) is 18.9 Å². The number of allylic oxidation sites excluding steroid dienone is 2. The zero-order valence-electron chi connectivity index (χ0n) is 17.6. The summed E-state index contributed by atoms with van der Waals surface area (Å²) in [5, 5.41) is 0. The Morgan fingerprint density at radius 3 is 2.07 bits per heavy atom. The van der Waals surface area contributed by atoms with Gasteiger partial charge in [-0.3, -0.25) is 9.59 Å². The van der Waals surface area contributed by atoms with Crippen LogP contribution in [-0.4, -0.2) is 39.7 Å². The second-order valence-corrected chi connectivity index (χ2v) is 6.99. The van der Waals surface area contributed by atoms with Gasteiger partial charge in [-0.2, -0.15) is 0 Å². The minimum atomic E-state index is -0.880. The molecule has 0 saturated heterocycles. The third kappa shape index (κ3) is 4.48. The summed E-state index contributed by atoms with van der Waals surface area (Å²) >= 11 is 0. The zero-order valence-corrected chi connectivity index (χ0v) is 17.6. The molecule has 2 aromatic rings. The van der Waals surface area contributed by atoms with Gasteiger partial charge >= 0.3 is 5.97 Å². The molecule has 0 unspecified atom stereocenters. The van der Waals surface area contributed by atoms with Crippen LogP contribution in [0.5, 0.6) is 17.2 Å². The number of hydrogen-bond acceptors (Lipinski definition) is 6. The van der Waals surface area contributed by atoms with Crippen LogP contribution in [0.25, 0.3) is 5.57 Å². The smallest absolute Gasteiger partial charge is 0.317 e. The van der Waals surface area contributed by atoms with Crippen molar-refractivity contribution < 1.29 is 28.5 Å². The number of methoxy groups -OCH3 is 3. The Balaban J connectivity index is 2.04. The third-order valence-electron chi connectivity index (χ3n) is 5.27. The van der Waals surface area contributed by atoms with Crippen LogP contribution < -0.4 is 14.2 Å². The Labute approximate surface area is 176 Å². The topological polar surface area (TPSA) is 71.1 Å². The molecule has 0 fully saturated rings. The van der Waals surface area contributed by atoms with Gasteiger partial charge in [0.15, 0.2) is 5.78 Å². The molecule has 30 heavy (non-hydrogen) atoms. The van der Waals surface area contributed by atoms with Gasteiger partial charge in [0.05, 0.1) is 27.9 Å². The van der Waals surface area contributed by atoms with Crippen LogP contribution in [0.3, 0.4) is 0 Å². The Bertz CT molecular complexity index is 922. The van der Waals surface area contributed by atoms with Crippen LogP contribution in [0.4, 0.5) is 0 Å². The number of ketones is 1. The summed E-state index contributed by atoms with van der Waals surface area (Å²) in [5.74, 6) is -0.0207. The molecule has 0 radical (unpaired) electrons. The van der Waals surface area contributed by atoms with E-state index in [0.29, 0.717) is 23.7 Å². The van der Waals surface area contributed by atoms with Gasteiger partial charge in [-0.25, -0.2) is 0 Å². The van der Waals surface area contributed by atoms with Crippen LogP contribution >= 0.6 is 0 Å². The Kier molecular flexibility index (Phi) is 6.77. The molecule has 0 aromatic heterocycles. The predicted molar refractivity (Wildman–Crippen MR) is 113 cm³/mol. The lowest BCUT2D eigenvalue weighted by Crippen LogP contribution is -2.34. The van der Waals surface area contributed by atoms with Crippen molar-refractivity contribution in [2.45, 2.75) is 19.3 Å². The van der Waals surface area contributed by atoms with E-state index in [1.807, 2.05) is 36.4 Å². The molecule has 2 atom stereocenters. The lowest BCUT2D eigenvalue weighted by atomic mass is 9.73. The summed E-state index contributed by atoms with van der Waals surface area (Å²) < 4.78 is 21.2. The lowest BCUT2D eigenvalue weighted by molar-refractivity contribution is -0.151. The fourth-order valence-electron chi connectivity index (χ4n) is 3.74. The Morgan fingerprint density at radius 2 is 1.53 bits per heavy atom. The summed E-state index contributed by atoms with van der Waals surface area (Å²) in [6.07, 6.45) is 2.04. The van der Waals surface area contributed by atoms with Crippen LogP contribution in [0.1, 0.15) is 30.4 Å². The number of hydrogen-bond donors (Lipinski definition) is 0.